The molecule has 0 spiro atoms. The zero-order valence-electron chi connectivity index (χ0n) is 44.7. The Morgan fingerprint density at radius 3 is 0.878 bits per heavy atom. The van der Waals surface area contributed by atoms with Gasteiger partial charge in [-0.1, -0.05) is 27.7 Å². The maximum atomic E-state index is 14.5. The van der Waals surface area contributed by atoms with Crippen molar-refractivity contribution >= 4 is 57.0 Å². The van der Waals surface area contributed by atoms with Crippen molar-refractivity contribution in [2.24, 2.45) is 46.3 Å². The average Bonchev–Trinajstić information content (AvgIpc) is 3.35. The number of benzene rings is 4. The SMILES string of the molecule is CCCOc1c2cc(I)cc1Cc1cc(CNC(=O)C34CC5CC(CC(C5)C3)C4)cc(c1OCCC)Cc1cc(I)cc(c1OCCC)Cc1cc(CNC(=O)C34CC5CC(CC(C5)C3)C4)cc(c1OCCC)C2. The van der Waals surface area contributed by atoms with Crippen LogP contribution < -0.4 is 29.6 Å². The normalized spacial score (nSPS) is 26.9. The number of hydrogen-bond donors (Lipinski definition) is 2. The van der Waals surface area contributed by atoms with Crippen molar-refractivity contribution in [1.82, 2.24) is 10.6 Å². The lowest BCUT2D eigenvalue weighted by molar-refractivity contribution is -0.146. The molecule has 0 radical (unpaired) electrons. The van der Waals surface area contributed by atoms with Crippen LogP contribution in [-0.4, -0.2) is 38.2 Å². The van der Waals surface area contributed by atoms with Crippen LogP contribution in [0.3, 0.4) is 0 Å². The van der Waals surface area contributed by atoms with Crippen molar-refractivity contribution in [3.05, 3.63) is 111 Å². The third kappa shape index (κ3) is 11.0. The molecule has 8 fully saturated rings. The molecular weight excluding hydrogens is 1150 g/mol. The Kier molecular flexibility index (Phi) is 15.9. The lowest BCUT2D eigenvalue weighted by Crippen LogP contribution is -2.53. The van der Waals surface area contributed by atoms with Gasteiger partial charge in [-0.05, 0) is 288 Å². The van der Waals surface area contributed by atoms with Crippen molar-refractivity contribution in [2.45, 2.75) is 169 Å². The van der Waals surface area contributed by atoms with Gasteiger partial charge in [-0.3, -0.25) is 9.59 Å². The largest absolute Gasteiger partial charge is 0.493 e. The fourth-order valence-electron chi connectivity index (χ4n) is 16.2. The highest BCUT2D eigenvalue weighted by Gasteiger charge is 2.56. The van der Waals surface area contributed by atoms with Gasteiger partial charge in [-0.25, -0.2) is 0 Å². The molecule has 8 saturated carbocycles. The first kappa shape index (κ1) is 52.5. The van der Waals surface area contributed by atoms with Gasteiger partial charge in [0.05, 0.1) is 26.4 Å². The van der Waals surface area contributed by atoms with Crippen LogP contribution in [0.2, 0.25) is 0 Å². The molecule has 0 heterocycles. The zero-order valence-corrected chi connectivity index (χ0v) is 49.0. The molecule has 8 nitrogen and oxygen atoms in total. The van der Waals surface area contributed by atoms with E-state index in [4.69, 9.17) is 18.9 Å². The highest BCUT2D eigenvalue weighted by atomic mass is 127. The molecular formula is C64H80I2N2O6. The first-order valence-electron chi connectivity index (χ1n) is 28.9. The van der Waals surface area contributed by atoms with E-state index in [1.807, 2.05) is 0 Å². The number of halogens is 2. The number of amides is 2. The summed E-state index contributed by atoms with van der Waals surface area (Å²) in [5.74, 6) is 8.41. The van der Waals surface area contributed by atoms with E-state index in [2.05, 4.69) is 132 Å². The molecule has 74 heavy (non-hydrogen) atoms. The molecule has 0 aliphatic heterocycles. The number of carbonyl (C=O) groups is 2. The Hall–Kier alpha value is -3.52. The Labute approximate surface area is 469 Å². The van der Waals surface area contributed by atoms with Crippen LogP contribution in [0.25, 0.3) is 0 Å². The molecule has 0 saturated heterocycles. The van der Waals surface area contributed by atoms with Crippen molar-refractivity contribution in [1.29, 1.82) is 0 Å². The molecule has 396 valence electrons. The predicted molar refractivity (Wildman–Crippen MR) is 310 cm³/mol. The van der Waals surface area contributed by atoms with Gasteiger partial charge in [0.15, 0.2) is 0 Å². The molecule has 16 bridgehead atoms. The summed E-state index contributed by atoms with van der Waals surface area (Å²) in [4.78, 5) is 29.1. The maximum Gasteiger partial charge on any atom is 0.226 e. The Balaban J connectivity index is 1.03. The molecule has 9 aliphatic rings. The van der Waals surface area contributed by atoms with Crippen molar-refractivity contribution in [3.8, 4) is 23.0 Å². The minimum absolute atomic E-state index is 0.219. The van der Waals surface area contributed by atoms with Gasteiger partial charge in [0, 0.05) is 56.7 Å². The molecule has 0 aromatic heterocycles. The zero-order chi connectivity index (χ0) is 51.1. The summed E-state index contributed by atoms with van der Waals surface area (Å²) in [6, 6.07) is 18.4. The minimum atomic E-state index is -0.219. The standard InChI is InChI=1S/C64H80I2N2O6/c1-5-9-71-57-47-19-45(37-67-61(69)63-31-39-13-40(32-63)15-41(14-39)33-63)20-48(57)24-52-28-56(66)30-54(60(52)74-12-8-4)26-50-22-46(38-68-62(70)64-34-42-16-43(35-64)18-44(17-42)36-64)21-49(58(50)72-10-6-2)25-53-29-55(65)27-51(23-47)59(53)73-11-7-3/h19-22,27-30,39-44H,5-18,23-26,31-38H2,1-4H3,(H,67,69)(H,68,70). The highest BCUT2D eigenvalue weighted by Crippen LogP contribution is 2.61. The number of rotatable bonds is 18. The van der Waals surface area contributed by atoms with E-state index in [9.17, 15) is 9.59 Å². The van der Waals surface area contributed by atoms with Crippen LogP contribution in [0, 0.1) is 53.5 Å². The molecule has 2 amide bonds. The molecule has 2 N–H and O–H groups in total. The van der Waals surface area contributed by atoms with Crippen LogP contribution in [0.5, 0.6) is 23.0 Å². The average molecular weight is 1230 g/mol. The first-order valence-corrected chi connectivity index (χ1v) is 31.1. The Morgan fingerprint density at radius 2 is 0.649 bits per heavy atom. The van der Waals surface area contributed by atoms with E-state index >= 15 is 0 Å². The van der Waals surface area contributed by atoms with E-state index in [1.54, 1.807) is 0 Å². The van der Waals surface area contributed by atoms with Gasteiger partial charge < -0.3 is 29.6 Å². The van der Waals surface area contributed by atoms with Crippen molar-refractivity contribution in [2.75, 3.05) is 26.4 Å². The van der Waals surface area contributed by atoms with E-state index in [0.717, 1.165) is 150 Å². The lowest BCUT2D eigenvalue weighted by atomic mass is 9.49. The summed E-state index contributed by atoms with van der Waals surface area (Å²) < 4.78 is 30.1. The monoisotopic (exact) mass is 1230 g/mol. The predicted octanol–water partition coefficient (Wildman–Crippen LogP) is 14.4. The van der Waals surface area contributed by atoms with E-state index in [1.165, 1.54) is 38.5 Å². The smallest absolute Gasteiger partial charge is 0.226 e. The Bertz CT molecular complexity index is 2400. The number of carbonyl (C=O) groups excluding carboxylic acids is 2. The van der Waals surface area contributed by atoms with E-state index < -0.39 is 0 Å². The third-order valence-electron chi connectivity index (χ3n) is 18.3. The lowest BCUT2D eigenvalue weighted by Gasteiger charge is -2.55. The quantitative estimate of drug-likeness (QED) is 0.0849. The fraction of sp³-hybridized carbons (Fsp3) is 0.594. The van der Waals surface area contributed by atoms with Gasteiger partial charge in [0.2, 0.25) is 11.8 Å². The fourth-order valence-corrected chi connectivity index (χ4v) is 17.7. The first-order chi connectivity index (χ1) is 35.9. The second-order valence-corrected chi connectivity index (χ2v) is 26.9. The van der Waals surface area contributed by atoms with Gasteiger partial charge >= 0.3 is 0 Å². The molecule has 0 atom stereocenters. The molecule has 9 aliphatic carbocycles. The van der Waals surface area contributed by atoms with Gasteiger partial charge in [-0.15, -0.1) is 0 Å². The maximum absolute atomic E-state index is 14.5. The molecule has 10 heteroatoms. The van der Waals surface area contributed by atoms with E-state index in [-0.39, 0.29) is 22.6 Å². The summed E-state index contributed by atoms with van der Waals surface area (Å²) in [5.41, 5.74) is 10.6. The third-order valence-corrected chi connectivity index (χ3v) is 19.5. The molecule has 0 unspecified atom stereocenters. The second-order valence-electron chi connectivity index (χ2n) is 24.5. The van der Waals surface area contributed by atoms with Gasteiger partial charge in [0.1, 0.15) is 23.0 Å². The number of ether oxygens (including phenoxy) is 4. The van der Waals surface area contributed by atoms with Crippen LogP contribution >= 0.6 is 45.2 Å². The van der Waals surface area contributed by atoms with Crippen LogP contribution in [0.15, 0.2) is 48.5 Å². The van der Waals surface area contributed by atoms with Crippen molar-refractivity contribution < 1.29 is 28.5 Å². The molecule has 13 rings (SSSR count). The summed E-state index contributed by atoms with van der Waals surface area (Å²) in [7, 11) is 0. The van der Waals surface area contributed by atoms with Gasteiger partial charge in [-0.2, -0.15) is 0 Å². The Morgan fingerprint density at radius 1 is 0.419 bits per heavy atom. The highest BCUT2D eigenvalue weighted by molar-refractivity contribution is 14.1. The van der Waals surface area contributed by atoms with E-state index in [0.29, 0.717) is 101 Å². The molecule has 4 aromatic carbocycles. The summed E-state index contributed by atoms with van der Waals surface area (Å²) >= 11 is 4.98. The number of nitrogens with one attached hydrogen (secondary N) is 2. The topological polar surface area (TPSA) is 95.1 Å². The van der Waals surface area contributed by atoms with Crippen LogP contribution in [0.4, 0.5) is 0 Å². The second kappa shape index (κ2) is 22.4. The minimum Gasteiger partial charge on any atom is -0.493 e. The van der Waals surface area contributed by atoms with Gasteiger partial charge in [0.25, 0.3) is 0 Å². The number of hydrogen-bond acceptors (Lipinski definition) is 6. The van der Waals surface area contributed by atoms with Crippen LogP contribution in [-0.2, 0) is 48.4 Å². The van der Waals surface area contributed by atoms with Crippen LogP contribution in [0.1, 0.15) is 186 Å². The summed E-state index contributed by atoms with van der Waals surface area (Å²) in [6.07, 6.45) is 20.1. The summed E-state index contributed by atoms with van der Waals surface area (Å²) in [6.45, 7) is 12.0. The van der Waals surface area contributed by atoms with Crippen molar-refractivity contribution in [3.63, 3.8) is 0 Å². The number of fused-ring (bicyclic) bond motifs is 8. The summed E-state index contributed by atoms with van der Waals surface area (Å²) in [5, 5.41) is 7.11. The molecule has 4 aromatic rings.